The second-order valence-electron chi connectivity index (χ2n) is 5.44. The molecule has 0 radical (unpaired) electrons. The minimum Gasteiger partial charge on any atom is -0.337 e. The van der Waals surface area contributed by atoms with E-state index in [-0.39, 0.29) is 11.8 Å². The third-order valence-electron chi connectivity index (χ3n) is 3.38. The van der Waals surface area contributed by atoms with Crippen LogP contribution in [0.25, 0.3) is 0 Å². The lowest BCUT2D eigenvalue weighted by Crippen LogP contribution is -2.35. The quantitative estimate of drug-likeness (QED) is 0.803. The molecule has 4 nitrogen and oxygen atoms in total. The van der Waals surface area contributed by atoms with E-state index < -0.39 is 0 Å². The Morgan fingerprint density at radius 2 is 2.00 bits per heavy atom. The Balaban J connectivity index is 3.02. The first kappa shape index (κ1) is 16.9. The summed E-state index contributed by atoms with van der Waals surface area (Å²) in [6, 6.07) is 0. The molecule has 0 fully saturated rings. The van der Waals surface area contributed by atoms with Gasteiger partial charge in [-0.25, -0.2) is 9.97 Å². The topological polar surface area (TPSA) is 46.1 Å². The summed E-state index contributed by atoms with van der Waals surface area (Å²) in [5.74, 6) is 1.17. The van der Waals surface area contributed by atoms with E-state index in [0.717, 1.165) is 13.0 Å². The fourth-order valence-corrected chi connectivity index (χ4v) is 1.99. The van der Waals surface area contributed by atoms with Crippen LogP contribution in [0.4, 0.5) is 0 Å². The van der Waals surface area contributed by atoms with Crippen LogP contribution in [0.5, 0.6) is 0 Å². The lowest BCUT2D eigenvalue weighted by atomic mass is 10.1. The van der Waals surface area contributed by atoms with Crippen molar-refractivity contribution in [3.8, 4) is 0 Å². The van der Waals surface area contributed by atoms with E-state index in [0.29, 0.717) is 29.0 Å². The number of nitrogens with zero attached hydrogens (tertiary/aromatic N) is 3. The summed E-state index contributed by atoms with van der Waals surface area (Å²) in [5, 5.41) is 0.321. The van der Waals surface area contributed by atoms with Crippen LogP contribution < -0.4 is 0 Å². The van der Waals surface area contributed by atoms with Gasteiger partial charge in [0.25, 0.3) is 5.91 Å². The van der Waals surface area contributed by atoms with E-state index in [1.54, 1.807) is 4.90 Å². The first-order valence-electron chi connectivity index (χ1n) is 7.22. The summed E-state index contributed by atoms with van der Waals surface area (Å²) in [6.45, 7) is 11.6. The summed E-state index contributed by atoms with van der Waals surface area (Å²) in [6.07, 6.45) is 2.56. The zero-order valence-corrected chi connectivity index (χ0v) is 13.7. The molecule has 0 aromatic carbocycles. The molecule has 5 heteroatoms. The van der Waals surface area contributed by atoms with Crippen LogP contribution in [0.15, 0.2) is 6.20 Å². The number of carbonyl (C=O) groups excluding carboxylic acids is 1. The minimum absolute atomic E-state index is 0.109. The molecule has 20 heavy (non-hydrogen) atoms. The van der Waals surface area contributed by atoms with Crippen molar-refractivity contribution < 1.29 is 4.79 Å². The zero-order valence-electron chi connectivity index (χ0n) is 13.0. The molecule has 1 aromatic rings. The van der Waals surface area contributed by atoms with Crippen molar-refractivity contribution >= 4 is 17.5 Å². The Hall–Kier alpha value is -1.16. The molecule has 0 aliphatic heterocycles. The average Bonchev–Trinajstić information content (AvgIpc) is 2.43. The molecule has 0 bridgehead atoms. The number of halogens is 1. The summed E-state index contributed by atoms with van der Waals surface area (Å²) in [5.41, 5.74) is 0.315. The van der Waals surface area contributed by atoms with Crippen LogP contribution in [-0.2, 0) is 0 Å². The van der Waals surface area contributed by atoms with Crippen molar-refractivity contribution in [1.29, 1.82) is 0 Å². The van der Waals surface area contributed by atoms with Crippen LogP contribution in [0.2, 0.25) is 5.02 Å². The van der Waals surface area contributed by atoms with Gasteiger partial charge in [-0.15, -0.1) is 0 Å². The van der Waals surface area contributed by atoms with Gasteiger partial charge in [0.1, 0.15) is 5.82 Å². The highest BCUT2D eigenvalue weighted by Gasteiger charge is 2.21. The second kappa shape index (κ2) is 7.58. The maximum absolute atomic E-state index is 12.6. The fraction of sp³-hybridized carbons (Fsp3) is 0.667. The molecule has 1 atom stereocenters. The molecule has 1 aromatic heterocycles. The van der Waals surface area contributed by atoms with Crippen molar-refractivity contribution in [3.63, 3.8) is 0 Å². The number of aromatic nitrogens is 2. The Kier molecular flexibility index (Phi) is 6.40. The summed E-state index contributed by atoms with van der Waals surface area (Å²) >= 11 is 6.09. The van der Waals surface area contributed by atoms with Crippen molar-refractivity contribution in [3.05, 3.63) is 22.7 Å². The first-order chi connectivity index (χ1) is 9.40. The monoisotopic (exact) mass is 297 g/mol. The van der Waals surface area contributed by atoms with Crippen molar-refractivity contribution in [2.45, 2.75) is 47.0 Å². The number of hydrogen-bond acceptors (Lipinski definition) is 3. The maximum Gasteiger partial charge on any atom is 0.274 e. The lowest BCUT2D eigenvalue weighted by Gasteiger charge is -2.24. The minimum atomic E-state index is -0.109. The van der Waals surface area contributed by atoms with Gasteiger partial charge < -0.3 is 4.90 Å². The predicted molar refractivity (Wildman–Crippen MR) is 82.2 cm³/mol. The number of carbonyl (C=O) groups is 1. The number of rotatable bonds is 6. The van der Waals surface area contributed by atoms with Gasteiger partial charge in [-0.1, -0.05) is 45.7 Å². The Labute approximate surface area is 126 Å². The molecule has 0 N–H and O–H groups in total. The Morgan fingerprint density at radius 1 is 1.35 bits per heavy atom. The molecule has 1 rings (SSSR count). The van der Waals surface area contributed by atoms with E-state index in [4.69, 9.17) is 11.6 Å². The van der Waals surface area contributed by atoms with Crippen LogP contribution in [0.3, 0.4) is 0 Å². The van der Waals surface area contributed by atoms with Crippen LogP contribution >= 0.6 is 11.6 Å². The summed E-state index contributed by atoms with van der Waals surface area (Å²) in [7, 11) is 0. The van der Waals surface area contributed by atoms with Gasteiger partial charge in [-0.2, -0.15) is 0 Å². The lowest BCUT2D eigenvalue weighted by molar-refractivity contribution is 0.0734. The Bertz CT molecular complexity index is 462. The van der Waals surface area contributed by atoms with Gasteiger partial charge in [-0.3, -0.25) is 4.79 Å². The van der Waals surface area contributed by atoms with Gasteiger partial charge in [0.2, 0.25) is 0 Å². The largest absolute Gasteiger partial charge is 0.337 e. The molecule has 0 saturated heterocycles. The molecule has 0 aliphatic carbocycles. The molecule has 112 valence electrons. The third-order valence-corrected chi connectivity index (χ3v) is 3.66. The molecule has 0 saturated carbocycles. The molecule has 1 unspecified atom stereocenters. The summed E-state index contributed by atoms with van der Waals surface area (Å²) in [4.78, 5) is 22.9. The van der Waals surface area contributed by atoms with Crippen molar-refractivity contribution in [2.24, 2.45) is 5.92 Å². The SMILES string of the molecule is CCC(C)CN(CC)C(=O)c1nc(C(C)C)ncc1Cl. The van der Waals surface area contributed by atoms with E-state index in [1.807, 2.05) is 20.8 Å². The molecular weight excluding hydrogens is 274 g/mol. The molecule has 1 heterocycles. The van der Waals surface area contributed by atoms with Crippen molar-refractivity contribution in [2.75, 3.05) is 13.1 Å². The highest BCUT2D eigenvalue weighted by atomic mass is 35.5. The van der Waals surface area contributed by atoms with Gasteiger partial charge in [0.15, 0.2) is 5.69 Å². The van der Waals surface area contributed by atoms with Crippen LogP contribution in [0, 0.1) is 5.92 Å². The molecule has 0 spiro atoms. The first-order valence-corrected chi connectivity index (χ1v) is 7.60. The molecule has 1 amide bonds. The number of amides is 1. The predicted octanol–water partition coefficient (Wildman–Crippen LogP) is 3.76. The van der Waals surface area contributed by atoms with Gasteiger partial charge in [0.05, 0.1) is 11.2 Å². The van der Waals surface area contributed by atoms with Gasteiger partial charge in [0, 0.05) is 19.0 Å². The van der Waals surface area contributed by atoms with Gasteiger partial charge in [-0.05, 0) is 12.8 Å². The average molecular weight is 298 g/mol. The smallest absolute Gasteiger partial charge is 0.274 e. The zero-order chi connectivity index (χ0) is 15.3. The second-order valence-corrected chi connectivity index (χ2v) is 5.84. The highest BCUT2D eigenvalue weighted by Crippen LogP contribution is 2.18. The van der Waals surface area contributed by atoms with Crippen LogP contribution in [-0.4, -0.2) is 33.9 Å². The maximum atomic E-state index is 12.6. The van der Waals surface area contributed by atoms with Gasteiger partial charge >= 0.3 is 0 Å². The number of hydrogen-bond donors (Lipinski definition) is 0. The fourth-order valence-electron chi connectivity index (χ4n) is 1.82. The van der Waals surface area contributed by atoms with E-state index in [9.17, 15) is 4.79 Å². The van der Waals surface area contributed by atoms with E-state index in [2.05, 4.69) is 23.8 Å². The van der Waals surface area contributed by atoms with Crippen molar-refractivity contribution in [1.82, 2.24) is 14.9 Å². The molecule has 0 aliphatic rings. The van der Waals surface area contributed by atoms with E-state index >= 15 is 0 Å². The third kappa shape index (κ3) is 4.17. The van der Waals surface area contributed by atoms with E-state index in [1.165, 1.54) is 6.20 Å². The normalized spacial score (nSPS) is 12.6. The molecular formula is C15H24ClN3O. The van der Waals surface area contributed by atoms with Crippen LogP contribution in [0.1, 0.15) is 63.3 Å². The standard InChI is InChI=1S/C15H24ClN3O/c1-6-11(5)9-19(7-2)15(20)13-12(16)8-17-14(18-13)10(3)4/h8,10-11H,6-7,9H2,1-5H3. The highest BCUT2D eigenvalue weighted by molar-refractivity contribution is 6.33. The summed E-state index contributed by atoms with van der Waals surface area (Å²) < 4.78 is 0. The Morgan fingerprint density at radius 3 is 2.50 bits per heavy atom.